The van der Waals surface area contributed by atoms with E-state index in [-0.39, 0.29) is 0 Å². The van der Waals surface area contributed by atoms with E-state index in [0.29, 0.717) is 0 Å². The smallest absolute Gasteiger partial charge is 0.118 e. The first-order chi connectivity index (χ1) is 8.79. The number of fused-ring (bicyclic) bond motifs is 1. The van der Waals surface area contributed by atoms with E-state index in [1.165, 1.54) is 24.1 Å². The summed E-state index contributed by atoms with van der Waals surface area (Å²) in [5.41, 5.74) is 1.25. The maximum absolute atomic E-state index is 5.20. The van der Waals surface area contributed by atoms with Crippen molar-refractivity contribution in [1.29, 1.82) is 0 Å². The first-order valence-electron chi connectivity index (χ1n) is 5.61. The fourth-order valence-electron chi connectivity index (χ4n) is 1.94. The van der Waals surface area contributed by atoms with E-state index >= 15 is 0 Å². The summed E-state index contributed by atoms with van der Waals surface area (Å²) in [5.74, 6) is 0.898. The lowest BCUT2D eigenvalue weighted by Gasteiger charge is -2.02. The molecule has 0 atom stereocenters. The molecule has 3 aromatic rings. The fraction of sp³-hybridized carbons (Fsp3) is 0.0667. The number of methoxy groups -OCH3 is 1. The van der Waals surface area contributed by atoms with E-state index < -0.39 is 0 Å². The molecule has 3 heteroatoms. The van der Waals surface area contributed by atoms with Gasteiger partial charge in [-0.05, 0) is 58.5 Å². The maximum Gasteiger partial charge on any atom is 0.118 e. The lowest BCUT2D eigenvalue weighted by molar-refractivity contribution is 0.415. The van der Waals surface area contributed by atoms with Crippen LogP contribution in [-0.2, 0) is 0 Å². The third kappa shape index (κ3) is 2.01. The van der Waals surface area contributed by atoms with Crippen LogP contribution in [0.4, 0.5) is 0 Å². The van der Waals surface area contributed by atoms with Gasteiger partial charge in [0.15, 0.2) is 0 Å². The molecule has 0 amide bonds. The Bertz CT molecular complexity index is 685. The highest BCUT2D eigenvalue weighted by Gasteiger charge is 2.10. The summed E-state index contributed by atoms with van der Waals surface area (Å²) in [6.07, 6.45) is 0. The minimum absolute atomic E-state index is 0.898. The first-order valence-corrected chi connectivity index (χ1v) is 7.50. The van der Waals surface area contributed by atoms with Crippen molar-refractivity contribution >= 4 is 44.0 Å². The minimum Gasteiger partial charge on any atom is -0.497 e. The van der Waals surface area contributed by atoms with Gasteiger partial charge in [0.05, 0.1) is 7.11 Å². The molecule has 0 unspecified atom stereocenters. The Morgan fingerprint density at radius 3 is 2.39 bits per heavy atom. The van der Waals surface area contributed by atoms with Gasteiger partial charge in [-0.15, -0.1) is 11.3 Å². The number of thiophene rings is 1. The van der Waals surface area contributed by atoms with Gasteiger partial charge in [-0.3, -0.25) is 0 Å². The topological polar surface area (TPSA) is 9.23 Å². The quantitative estimate of drug-likeness (QED) is 0.568. The fourth-order valence-corrected chi connectivity index (χ4v) is 4.34. The molecule has 0 saturated carbocycles. The molecule has 2 aromatic carbocycles. The summed E-state index contributed by atoms with van der Waals surface area (Å²) in [5, 5.41) is 1.34. The van der Waals surface area contributed by atoms with Gasteiger partial charge in [0.25, 0.3) is 0 Å². The molecular formula is C15H11IOS. The van der Waals surface area contributed by atoms with Crippen molar-refractivity contribution in [1.82, 2.24) is 0 Å². The predicted octanol–water partition coefficient (Wildman–Crippen LogP) is 5.18. The van der Waals surface area contributed by atoms with Crippen LogP contribution in [0.2, 0.25) is 0 Å². The molecule has 1 nitrogen and oxygen atoms in total. The molecule has 1 heterocycles. The lowest BCUT2D eigenvalue weighted by atomic mass is 10.1. The van der Waals surface area contributed by atoms with Gasteiger partial charge in [0.1, 0.15) is 5.75 Å². The monoisotopic (exact) mass is 366 g/mol. The maximum atomic E-state index is 5.20. The summed E-state index contributed by atoms with van der Waals surface area (Å²) in [7, 11) is 1.69. The van der Waals surface area contributed by atoms with E-state index in [1.807, 2.05) is 23.5 Å². The van der Waals surface area contributed by atoms with Gasteiger partial charge in [0, 0.05) is 18.5 Å². The first kappa shape index (κ1) is 12.0. The van der Waals surface area contributed by atoms with Crippen LogP contribution in [0.25, 0.3) is 20.5 Å². The Morgan fingerprint density at radius 2 is 1.72 bits per heavy atom. The molecule has 0 aliphatic carbocycles. The van der Waals surface area contributed by atoms with Crippen LogP contribution in [0, 0.1) is 3.57 Å². The van der Waals surface area contributed by atoms with Crippen molar-refractivity contribution in [3.8, 4) is 16.2 Å². The normalized spacial score (nSPS) is 10.8. The minimum atomic E-state index is 0.898. The van der Waals surface area contributed by atoms with E-state index in [9.17, 15) is 0 Å². The standard InChI is InChI=1S/C15H11IOS/c1-17-11-8-6-10(7-9-11)15-14(16)12-4-2-3-5-13(12)18-15/h2-9H,1H3. The zero-order chi connectivity index (χ0) is 12.5. The molecule has 0 spiro atoms. The lowest BCUT2D eigenvalue weighted by Crippen LogP contribution is -1.82. The Hall–Kier alpha value is -1.07. The largest absolute Gasteiger partial charge is 0.497 e. The average molecular weight is 366 g/mol. The Kier molecular flexibility index (Phi) is 3.26. The molecule has 0 aliphatic rings. The molecule has 0 bridgehead atoms. The zero-order valence-corrected chi connectivity index (χ0v) is 12.8. The zero-order valence-electron chi connectivity index (χ0n) is 9.81. The third-order valence-electron chi connectivity index (χ3n) is 2.89. The number of hydrogen-bond donors (Lipinski definition) is 0. The van der Waals surface area contributed by atoms with Crippen molar-refractivity contribution in [2.24, 2.45) is 0 Å². The number of ether oxygens (including phenoxy) is 1. The SMILES string of the molecule is COc1ccc(-c2sc3ccccc3c2I)cc1. The summed E-state index contributed by atoms with van der Waals surface area (Å²) in [6, 6.07) is 16.8. The Labute approximate surface area is 124 Å². The highest BCUT2D eigenvalue weighted by atomic mass is 127. The Morgan fingerprint density at radius 1 is 1.00 bits per heavy atom. The highest BCUT2D eigenvalue weighted by molar-refractivity contribution is 14.1. The molecule has 18 heavy (non-hydrogen) atoms. The van der Waals surface area contributed by atoms with Crippen LogP contribution >= 0.6 is 33.9 Å². The van der Waals surface area contributed by atoms with E-state index in [4.69, 9.17) is 4.74 Å². The van der Waals surface area contributed by atoms with Crippen LogP contribution < -0.4 is 4.74 Å². The molecule has 0 fully saturated rings. The van der Waals surface area contributed by atoms with E-state index in [0.717, 1.165) is 5.75 Å². The summed E-state index contributed by atoms with van der Waals surface area (Å²) >= 11 is 4.28. The van der Waals surface area contributed by atoms with Crippen LogP contribution in [0.5, 0.6) is 5.75 Å². The second kappa shape index (κ2) is 4.90. The van der Waals surface area contributed by atoms with Gasteiger partial charge in [-0.25, -0.2) is 0 Å². The molecule has 3 rings (SSSR count). The van der Waals surface area contributed by atoms with E-state index in [1.54, 1.807) is 7.11 Å². The van der Waals surface area contributed by atoms with E-state index in [2.05, 4.69) is 59.0 Å². The predicted molar refractivity (Wildman–Crippen MR) is 86.5 cm³/mol. The number of halogens is 1. The van der Waals surface area contributed by atoms with Crippen molar-refractivity contribution in [3.05, 3.63) is 52.1 Å². The van der Waals surface area contributed by atoms with Crippen LogP contribution in [-0.4, -0.2) is 7.11 Å². The Balaban J connectivity index is 2.15. The third-order valence-corrected chi connectivity index (χ3v) is 5.59. The molecule has 1 aromatic heterocycles. The highest BCUT2D eigenvalue weighted by Crippen LogP contribution is 2.39. The molecule has 0 aliphatic heterocycles. The van der Waals surface area contributed by atoms with Gasteiger partial charge in [0.2, 0.25) is 0 Å². The van der Waals surface area contributed by atoms with Crippen LogP contribution in [0.15, 0.2) is 48.5 Å². The van der Waals surface area contributed by atoms with Crippen molar-refractivity contribution in [3.63, 3.8) is 0 Å². The number of hydrogen-bond acceptors (Lipinski definition) is 2. The van der Waals surface area contributed by atoms with Gasteiger partial charge in [-0.2, -0.15) is 0 Å². The number of benzene rings is 2. The second-order valence-electron chi connectivity index (χ2n) is 3.97. The summed E-state index contributed by atoms with van der Waals surface area (Å²) < 4.78 is 7.87. The second-order valence-corrected chi connectivity index (χ2v) is 6.10. The van der Waals surface area contributed by atoms with Gasteiger partial charge < -0.3 is 4.74 Å². The van der Waals surface area contributed by atoms with Gasteiger partial charge >= 0.3 is 0 Å². The van der Waals surface area contributed by atoms with Gasteiger partial charge in [-0.1, -0.05) is 18.2 Å². The van der Waals surface area contributed by atoms with Crippen molar-refractivity contribution in [2.45, 2.75) is 0 Å². The molecule has 90 valence electrons. The van der Waals surface area contributed by atoms with Crippen LogP contribution in [0.3, 0.4) is 0 Å². The van der Waals surface area contributed by atoms with Crippen molar-refractivity contribution in [2.75, 3.05) is 7.11 Å². The molecular weight excluding hydrogens is 355 g/mol. The van der Waals surface area contributed by atoms with Crippen LogP contribution in [0.1, 0.15) is 0 Å². The van der Waals surface area contributed by atoms with Crippen molar-refractivity contribution < 1.29 is 4.74 Å². The average Bonchev–Trinajstić information content (AvgIpc) is 2.77. The summed E-state index contributed by atoms with van der Waals surface area (Å²) in [4.78, 5) is 1.33. The molecule has 0 saturated heterocycles. The summed E-state index contributed by atoms with van der Waals surface area (Å²) in [6.45, 7) is 0. The molecule has 0 N–H and O–H groups in total. The molecule has 0 radical (unpaired) electrons. The number of rotatable bonds is 2.